The zero-order valence-electron chi connectivity index (χ0n) is 13.3. The Morgan fingerprint density at radius 3 is 2.50 bits per heavy atom. The smallest absolute Gasteiger partial charge is 0.158 e. The van der Waals surface area contributed by atoms with Gasteiger partial charge in [0.1, 0.15) is 24.6 Å². The van der Waals surface area contributed by atoms with E-state index in [-0.39, 0.29) is 0 Å². The van der Waals surface area contributed by atoms with Gasteiger partial charge in [-0.15, -0.1) is 0 Å². The van der Waals surface area contributed by atoms with Gasteiger partial charge in [0.05, 0.1) is 12.1 Å². The van der Waals surface area contributed by atoms with Gasteiger partial charge in [0.2, 0.25) is 0 Å². The Balaban J connectivity index is 1.60. The topological polar surface area (TPSA) is 39.0 Å². The molecular formula is C19H18Cl2NO2+. The molecule has 1 heterocycles. The third-order valence-electron chi connectivity index (χ3n) is 3.74. The number of furan rings is 1. The van der Waals surface area contributed by atoms with Gasteiger partial charge < -0.3 is 14.5 Å². The number of quaternary nitrogens is 1. The lowest BCUT2D eigenvalue weighted by molar-refractivity contribution is -0.687. The minimum Gasteiger partial charge on any atom is -0.497 e. The summed E-state index contributed by atoms with van der Waals surface area (Å²) in [4.78, 5) is 0. The Hall–Kier alpha value is -1.94. The van der Waals surface area contributed by atoms with Gasteiger partial charge in [-0.3, -0.25) is 0 Å². The largest absolute Gasteiger partial charge is 0.497 e. The van der Waals surface area contributed by atoms with E-state index in [0.29, 0.717) is 10.0 Å². The van der Waals surface area contributed by atoms with Crippen molar-refractivity contribution in [1.29, 1.82) is 0 Å². The van der Waals surface area contributed by atoms with Crippen molar-refractivity contribution in [3.63, 3.8) is 0 Å². The van der Waals surface area contributed by atoms with Crippen LogP contribution in [0, 0.1) is 0 Å². The predicted molar refractivity (Wildman–Crippen MR) is 96.5 cm³/mol. The Kier molecular flexibility index (Phi) is 5.46. The minimum absolute atomic E-state index is 0.627. The number of rotatable bonds is 6. The number of methoxy groups -OCH3 is 1. The average molecular weight is 363 g/mol. The van der Waals surface area contributed by atoms with Gasteiger partial charge in [-0.1, -0.05) is 23.2 Å². The molecular weight excluding hydrogens is 345 g/mol. The summed E-state index contributed by atoms with van der Waals surface area (Å²) in [5.41, 5.74) is 2.05. The Morgan fingerprint density at radius 1 is 0.958 bits per heavy atom. The lowest BCUT2D eigenvalue weighted by Crippen LogP contribution is -2.80. The molecule has 2 aromatic carbocycles. The minimum atomic E-state index is 0.627. The molecule has 5 heteroatoms. The fraction of sp³-hybridized carbons (Fsp3) is 0.158. The summed E-state index contributed by atoms with van der Waals surface area (Å²) in [6, 6.07) is 17.3. The molecule has 0 atom stereocenters. The average Bonchev–Trinajstić information content (AvgIpc) is 3.06. The van der Waals surface area contributed by atoms with Crippen molar-refractivity contribution in [2.45, 2.75) is 13.1 Å². The first-order chi connectivity index (χ1) is 11.7. The van der Waals surface area contributed by atoms with Crippen LogP contribution in [0.4, 0.5) is 0 Å². The lowest BCUT2D eigenvalue weighted by Gasteiger charge is -2.03. The third-order valence-corrected chi connectivity index (χ3v) is 4.30. The summed E-state index contributed by atoms with van der Waals surface area (Å²) in [6.45, 7) is 1.63. The lowest BCUT2D eigenvalue weighted by atomic mass is 10.2. The maximum Gasteiger partial charge on any atom is 0.158 e. The second kappa shape index (κ2) is 7.75. The Labute approximate surface area is 151 Å². The summed E-state index contributed by atoms with van der Waals surface area (Å²) >= 11 is 12.2. The van der Waals surface area contributed by atoms with E-state index in [1.165, 1.54) is 5.56 Å². The van der Waals surface area contributed by atoms with Crippen LogP contribution in [0.3, 0.4) is 0 Å². The van der Waals surface area contributed by atoms with Crippen LogP contribution in [-0.4, -0.2) is 7.11 Å². The quantitative estimate of drug-likeness (QED) is 0.699. The van der Waals surface area contributed by atoms with Gasteiger partial charge in [-0.05, 0) is 54.6 Å². The molecule has 2 N–H and O–H groups in total. The molecule has 0 aliphatic heterocycles. The number of halogens is 2. The van der Waals surface area contributed by atoms with Crippen molar-refractivity contribution in [2.75, 3.05) is 7.11 Å². The SMILES string of the molecule is COc1ccc(C[NH2+]Cc2ccc(-c3cc(Cl)ccc3Cl)o2)cc1. The maximum atomic E-state index is 6.21. The first kappa shape index (κ1) is 16.9. The van der Waals surface area contributed by atoms with E-state index in [1.54, 1.807) is 19.2 Å². The van der Waals surface area contributed by atoms with E-state index in [9.17, 15) is 0 Å². The summed E-state index contributed by atoms with van der Waals surface area (Å²) in [7, 11) is 1.67. The molecule has 3 nitrogen and oxygen atoms in total. The fourth-order valence-corrected chi connectivity index (χ4v) is 2.84. The zero-order chi connectivity index (χ0) is 16.9. The normalized spacial score (nSPS) is 10.8. The summed E-state index contributed by atoms with van der Waals surface area (Å²) in [5.74, 6) is 2.50. The molecule has 0 aliphatic rings. The number of benzene rings is 2. The molecule has 0 radical (unpaired) electrons. The van der Waals surface area contributed by atoms with Crippen molar-refractivity contribution >= 4 is 23.2 Å². The highest BCUT2D eigenvalue weighted by molar-refractivity contribution is 6.35. The molecule has 0 saturated carbocycles. The van der Waals surface area contributed by atoms with E-state index in [4.69, 9.17) is 32.4 Å². The maximum absolute atomic E-state index is 6.21. The third kappa shape index (κ3) is 4.12. The molecule has 124 valence electrons. The molecule has 3 aromatic rings. The van der Waals surface area contributed by atoms with E-state index >= 15 is 0 Å². The molecule has 3 rings (SSSR count). The number of hydrogen-bond acceptors (Lipinski definition) is 2. The number of nitrogens with two attached hydrogens (primary N) is 1. The number of ether oxygens (including phenoxy) is 1. The molecule has 1 aromatic heterocycles. The van der Waals surface area contributed by atoms with Crippen molar-refractivity contribution in [1.82, 2.24) is 0 Å². The van der Waals surface area contributed by atoms with Gasteiger partial charge in [-0.25, -0.2) is 0 Å². The van der Waals surface area contributed by atoms with Crippen LogP contribution < -0.4 is 10.1 Å². The second-order valence-electron chi connectivity index (χ2n) is 5.44. The molecule has 0 bridgehead atoms. The van der Waals surface area contributed by atoms with E-state index in [2.05, 4.69) is 17.4 Å². The molecule has 24 heavy (non-hydrogen) atoms. The first-order valence-electron chi connectivity index (χ1n) is 7.64. The summed E-state index contributed by atoms with van der Waals surface area (Å²) < 4.78 is 11.0. The Morgan fingerprint density at radius 2 is 1.75 bits per heavy atom. The van der Waals surface area contributed by atoms with Crippen LogP contribution in [0.25, 0.3) is 11.3 Å². The van der Waals surface area contributed by atoms with Gasteiger partial charge in [0, 0.05) is 16.1 Å². The highest BCUT2D eigenvalue weighted by Crippen LogP contribution is 2.31. The molecule has 0 amide bonds. The van der Waals surface area contributed by atoms with Gasteiger partial charge in [0.25, 0.3) is 0 Å². The molecule has 0 spiro atoms. The van der Waals surface area contributed by atoms with Crippen molar-refractivity contribution < 1.29 is 14.5 Å². The number of hydrogen-bond donors (Lipinski definition) is 1. The summed E-state index contributed by atoms with van der Waals surface area (Å²) in [6.07, 6.45) is 0. The molecule has 0 fully saturated rings. The van der Waals surface area contributed by atoms with Crippen LogP contribution in [-0.2, 0) is 13.1 Å². The second-order valence-corrected chi connectivity index (χ2v) is 6.28. The van der Waals surface area contributed by atoms with Gasteiger partial charge in [-0.2, -0.15) is 0 Å². The summed E-state index contributed by atoms with van der Waals surface area (Å²) in [5, 5.41) is 3.45. The highest BCUT2D eigenvalue weighted by Gasteiger charge is 2.10. The van der Waals surface area contributed by atoms with Crippen LogP contribution in [0.5, 0.6) is 5.75 Å². The van der Waals surface area contributed by atoms with Gasteiger partial charge >= 0.3 is 0 Å². The highest BCUT2D eigenvalue weighted by atomic mass is 35.5. The van der Waals surface area contributed by atoms with E-state index in [0.717, 1.165) is 35.9 Å². The Bertz CT molecular complexity index is 812. The zero-order valence-corrected chi connectivity index (χ0v) is 14.8. The standard InChI is InChI=1S/C19H17Cl2NO2/c1-23-15-5-2-13(3-6-15)11-22-12-16-7-9-19(24-16)17-10-14(20)4-8-18(17)21/h2-10,22H,11-12H2,1H3/p+1. The van der Waals surface area contributed by atoms with Crippen LogP contribution in [0.1, 0.15) is 11.3 Å². The molecule has 0 saturated heterocycles. The van der Waals surface area contributed by atoms with Crippen molar-refractivity contribution in [2.24, 2.45) is 0 Å². The fourth-order valence-electron chi connectivity index (χ4n) is 2.46. The van der Waals surface area contributed by atoms with Crippen LogP contribution >= 0.6 is 23.2 Å². The monoisotopic (exact) mass is 362 g/mol. The van der Waals surface area contributed by atoms with Crippen molar-refractivity contribution in [3.8, 4) is 17.1 Å². The van der Waals surface area contributed by atoms with Crippen molar-refractivity contribution in [3.05, 3.63) is 76.0 Å². The molecule has 0 aliphatic carbocycles. The van der Waals surface area contributed by atoms with Crippen LogP contribution in [0.2, 0.25) is 10.0 Å². The first-order valence-corrected chi connectivity index (χ1v) is 8.40. The van der Waals surface area contributed by atoms with Crippen LogP contribution in [0.15, 0.2) is 59.0 Å². The molecule has 0 unspecified atom stereocenters. The van der Waals surface area contributed by atoms with E-state index in [1.807, 2.05) is 30.3 Å². The predicted octanol–water partition coefficient (Wildman–Crippen LogP) is 4.53. The van der Waals surface area contributed by atoms with Gasteiger partial charge in [0.15, 0.2) is 5.76 Å². The van der Waals surface area contributed by atoms with E-state index < -0.39 is 0 Å².